The average molecular weight is 497 g/mol. The van der Waals surface area contributed by atoms with Crippen LogP contribution in [-0.4, -0.2) is 31.8 Å². The SMILES string of the molecule is CCOc1cc(/C=N\NC(=O)c2ccc(Br)cc2)ccc1OC(=O)c1ccc(OC)cc1. The van der Waals surface area contributed by atoms with Crippen LogP contribution in [0.25, 0.3) is 0 Å². The minimum absolute atomic E-state index is 0.281. The molecule has 164 valence electrons. The lowest BCUT2D eigenvalue weighted by atomic mass is 10.2. The highest BCUT2D eigenvalue weighted by atomic mass is 79.9. The molecule has 0 spiro atoms. The van der Waals surface area contributed by atoms with Crippen LogP contribution in [0.15, 0.2) is 76.3 Å². The summed E-state index contributed by atoms with van der Waals surface area (Å²) in [4.78, 5) is 24.6. The number of nitrogens with one attached hydrogen (secondary N) is 1. The lowest BCUT2D eigenvalue weighted by molar-refractivity contribution is 0.0728. The summed E-state index contributed by atoms with van der Waals surface area (Å²) < 4.78 is 17.1. The van der Waals surface area contributed by atoms with Crippen molar-refractivity contribution in [1.82, 2.24) is 5.43 Å². The van der Waals surface area contributed by atoms with E-state index in [9.17, 15) is 9.59 Å². The first kappa shape index (κ1) is 23.0. The first-order valence-electron chi connectivity index (χ1n) is 9.72. The summed E-state index contributed by atoms with van der Waals surface area (Å²) in [6.45, 7) is 2.21. The first-order chi connectivity index (χ1) is 15.5. The van der Waals surface area contributed by atoms with Gasteiger partial charge in [-0.2, -0.15) is 5.10 Å². The lowest BCUT2D eigenvalue weighted by Gasteiger charge is -2.11. The molecule has 0 aliphatic carbocycles. The fourth-order valence-corrected chi connectivity index (χ4v) is 2.94. The van der Waals surface area contributed by atoms with Crippen LogP contribution >= 0.6 is 15.9 Å². The zero-order valence-electron chi connectivity index (χ0n) is 17.5. The van der Waals surface area contributed by atoms with Gasteiger partial charge in [-0.3, -0.25) is 4.79 Å². The Hall–Kier alpha value is -3.65. The molecule has 0 aliphatic heterocycles. The number of rotatable bonds is 8. The van der Waals surface area contributed by atoms with Crippen molar-refractivity contribution in [2.75, 3.05) is 13.7 Å². The molecule has 3 aromatic carbocycles. The van der Waals surface area contributed by atoms with Gasteiger partial charge in [0.15, 0.2) is 11.5 Å². The Morgan fingerprint density at radius 2 is 1.66 bits per heavy atom. The topological polar surface area (TPSA) is 86.2 Å². The van der Waals surface area contributed by atoms with E-state index < -0.39 is 5.97 Å². The predicted molar refractivity (Wildman–Crippen MR) is 125 cm³/mol. The van der Waals surface area contributed by atoms with E-state index in [4.69, 9.17) is 14.2 Å². The summed E-state index contributed by atoms with van der Waals surface area (Å²) in [6, 6.07) is 18.5. The molecule has 0 fully saturated rings. The Morgan fingerprint density at radius 1 is 0.969 bits per heavy atom. The predicted octanol–water partition coefficient (Wildman–Crippen LogP) is 4.84. The van der Waals surface area contributed by atoms with Crippen molar-refractivity contribution >= 4 is 34.0 Å². The average Bonchev–Trinajstić information content (AvgIpc) is 2.81. The van der Waals surface area contributed by atoms with Crippen LogP contribution in [0.5, 0.6) is 17.2 Å². The van der Waals surface area contributed by atoms with Gasteiger partial charge in [-0.05, 0) is 79.2 Å². The highest BCUT2D eigenvalue weighted by molar-refractivity contribution is 9.10. The second-order valence-electron chi connectivity index (χ2n) is 6.46. The maximum absolute atomic E-state index is 12.5. The van der Waals surface area contributed by atoms with Crippen molar-refractivity contribution in [3.8, 4) is 17.2 Å². The van der Waals surface area contributed by atoms with E-state index in [0.717, 1.165) is 4.47 Å². The Bertz CT molecular complexity index is 1110. The number of benzene rings is 3. The number of nitrogens with zero attached hydrogens (tertiary/aromatic N) is 1. The van der Waals surface area contributed by atoms with Crippen molar-refractivity contribution in [3.05, 3.63) is 87.9 Å². The third-order valence-electron chi connectivity index (χ3n) is 4.28. The van der Waals surface area contributed by atoms with Gasteiger partial charge < -0.3 is 14.2 Å². The Kier molecular flexibility index (Phi) is 7.99. The van der Waals surface area contributed by atoms with Crippen LogP contribution in [0.4, 0.5) is 0 Å². The van der Waals surface area contributed by atoms with Gasteiger partial charge in [0, 0.05) is 10.0 Å². The zero-order chi connectivity index (χ0) is 22.9. The molecule has 0 radical (unpaired) electrons. The van der Waals surface area contributed by atoms with Gasteiger partial charge >= 0.3 is 5.97 Å². The molecule has 8 heteroatoms. The van der Waals surface area contributed by atoms with Crippen molar-refractivity contribution < 1.29 is 23.8 Å². The minimum atomic E-state index is -0.517. The summed E-state index contributed by atoms with van der Waals surface area (Å²) in [6.07, 6.45) is 1.48. The Labute approximate surface area is 194 Å². The van der Waals surface area contributed by atoms with Crippen molar-refractivity contribution in [2.45, 2.75) is 6.92 Å². The molecule has 0 saturated carbocycles. The second kappa shape index (κ2) is 11.1. The van der Waals surface area contributed by atoms with Gasteiger partial charge in [0.2, 0.25) is 0 Å². The van der Waals surface area contributed by atoms with Crippen molar-refractivity contribution in [3.63, 3.8) is 0 Å². The van der Waals surface area contributed by atoms with E-state index in [1.54, 1.807) is 73.8 Å². The van der Waals surface area contributed by atoms with Gasteiger partial charge in [-0.25, -0.2) is 10.2 Å². The van der Waals surface area contributed by atoms with Gasteiger partial charge in [0.1, 0.15) is 5.75 Å². The normalized spacial score (nSPS) is 10.6. The highest BCUT2D eigenvalue weighted by Crippen LogP contribution is 2.29. The fourth-order valence-electron chi connectivity index (χ4n) is 2.67. The van der Waals surface area contributed by atoms with Gasteiger partial charge in [-0.15, -0.1) is 0 Å². The monoisotopic (exact) mass is 496 g/mol. The second-order valence-corrected chi connectivity index (χ2v) is 7.38. The third-order valence-corrected chi connectivity index (χ3v) is 4.81. The Morgan fingerprint density at radius 3 is 2.31 bits per heavy atom. The van der Waals surface area contributed by atoms with Crippen LogP contribution in [0.2, 0.25) is 0 Å². The highest BCUT2D eigenvalue weighted by Gasteiger charge is 2.13. The quantitative estimate of drug-likeness (QED) is 0.208. The maximum Gasteiger partial charge on any atom is 0.343 e. The van der Waals surface area contributed by atoms with Crippen LogP contribution in [-0.2, 0) is 0 Å². The molecule has 3 rings (SSSR count). The molecule has 0 heterocycles. The van der Waals surface area contributed by atoms with Crippen LogP contribution in [0.3, 0.4) is 0 Å². The van der Waals surface area contributed by atoms with E-state index >= 15 is 0 Å². The number of carbonyl (C=O) groups excluding carboxylic acids is 2. The van der Waals surface area contributed by atoms with Crippen LogP contribution in [0.1, 0.15) is 33.2 Å². The number of methoxy groups -OCH3 is 1. The number of hydrazone groups is 1. The number of hydrogen-bond donors (Lipinski definition) is 1. The number of halogens is 1. The summed E-state index contributed by atoms with van der Waals surface area (Å²) >= 11 is 3.33. The van der Waals surface area contributed by atoms with E-state index in [1.807, 2.05) is 6.92 Å². The minimum Gasteiger partial charge on any atom is -0.497 e. The smallest absolute Gasteiger partial charge is 0.343 e. The van der Waals surface area contributed by atoms with Crippen molar-refractivity contribution in [2.24, 2.45) is 5.10 Å². The first-order valence-corrected chi connectivity index (χ1v) is 10.5. The van der Waals surface area contributed by atoms with E-state index in [2.05, 4.69) is 26.5 Å². The zero-order valence-corrected chi connectivity index (χ0v) is 19.1. The molecular weight excluding hydrogens is 476 g/mol. The molecule has 0 atom stereocenters. The lowest BCUT2D eigenvalue weighted by Crippen LogP contribution is -2.17. The number of carbonyl (C=O) groups is 2. The molecule has 0 unspecified atom stereocenters. The molecule has 1 amide bonds. The standard InChI is InChI=1S/C24H21BrN2O5/c1-3-31-22-14-16(15-26-27-23(28)17-5-9-19(25)10-6-17)4-13-21(22)32-24(29)18-7-11-20(30-2)12-8-18/h4-15H,3H2,1-2H3,(H,27,28)/b26-15-. The van der Waals surface area contributed by atoms with E-state index in [0.29, 0.717) is 34.8 Å². The summed E-state index contributed by atoms with van der Waals surface area (Å²) in [5.74, 6) is 0.467. The molecule has 0 bridgehead atoms. The van der Waals surface area contributed by atoms with Gasteiger partial charge in [0.05, 0.1) is 25.5 Å². The van der Waals surface area contributed by atoms with E-state index in [1.165, 1.54) is 6.21 Å². The summed E-state index contributed by atoms with van der Waals surface area (Å²) in [7, 11) is 1.55. The molecule has 0 aromatic heterocycles. The molecule has 32 heavy (non-hydrogen) atoms. The molecular formula is C24H21BrN2O5. The number of esters is 1. The largest absolute Gasteiger partial charge is 0.497 e. The summed E-state index contributed by atoms with van der Waals surface area (Å²) in [5, 5.41) is 3.98. The number of hydrogen-bond acceptors (Lipinski definition) is 6. The van der Waals surface area contributed by atoms with Crippen LogP contribution in [0, 0.1) is 0 Å². The Balaban J connectivity index is 1.69. The molecule has 3 aromatic rings. The summed E-state index contributed by atoms with van der Waals surface area (Å²) in [5.41, 5.74) is 4.01. The van der Waals surface area contributed by atoms with Crippen LogP contribution < -0.4 is 19.6 Å². The molecule has 0 saturated heterocycles. The molecule has 0 aliphatic rings. The van der Waals surface area contributed by atoms with Crippen molar-refractivity contribution in [1.29, 1.82) is 0 Å². The van der Waals surface area contributed by atoms with E-state index in [-0.39, 0.29) is 11.7 Å². The number of amides is 1. The molecule has 7 nitrogen and oxygen atoms in total. The maximum atomic E-state index is 12.5. The molecule has 1 N–H and O–H groups in total. The van der Waals surface area contributed by atoms with Gasteiger partial charge in [-0.1, -0.05) is 15.9 Å². The van der Waals surface area contributed by atoms with Gasteiger partial charge in [0.25, 0.3) is 5.91 Å². The number of ether oxygens (including phenoxy) is 3. The third kappa shape index (κ3) is 6.18. The fraction of sp³-hybridized carbons (Fsp3) is 0.125.